The van der Waals surface area contributed by atoms with Crippen LogP contribution in [0.5, 0.6) is 0 Å². The van der Waals surface area contributed by atoms with E-state index in [-0.39, 0.29) is 24.3 Å². The van der Waals surface area contributed by atoms with Crippen LogP contribution in [0.1, 0.15) is 33.6 Å². The van der Waals surface area contributed by atoms with E-state index >= 15 is 0 Å². The summed E-state index contributed by atoms with van der Waals surface area (Å²) in [5, 5.41) is 0. The molecule has 2 aliphatic rings. The van der Waals surface area contributed by atoms with Gasteiger partial charge in [-0.3, -0.25) is 5.57 Å². The van der Waals surface area contributed by atoms with Crippen molar-refractivity contribution < 1.29 is 18.9 Å². The molecule has 0 aromatic rings. The molecular weight excluding hydrogens is 203 g/mol. The summed E-state index contributed by atoms with van der Waals surface area (Å²) in [6, 6.07) is 0. The summed E-state index contributed by atoms with van der Waals surface area (Å²) in [5.41, 5.74) is 1.73. The Kier molecular flexibility index (Phi) is 4.21. The molecule has 14 heavy (non-hydrogen) atoms. The molecule has 2 rings (SSSR count). The van der Waals surface area contributed by atoms with Crippen LogP contribution in [0.4, 0.5) is 0 Å². The largest absolute Gasteiger partial charge is 1.00 e. The zero-order valence-corrected chi connectivity index (χ0v) is 11.3. The quantitative estimate of drug-likeness (QED) is 0.436. The van der Waals surface area contributed by atoms with E-state index in [0.717, 1.165) is 0 Å². The Balaban J connectivity index is 0.000000980. The number of thioether (sulfide) groups is 2. The Hall–Kier alpha value is 1.04. The Morgan fingerprint density at radius 3 is 2.29 bits per heavy atom. The first-order chi connectivity index (χ1) is 6.06. The van der Waals surface area contributed by atoms with Gasteiger partial charge in [0.05, 0.1) is 0 Å². The molecule has 0 saturated carbocycles. The van der Waals surface area contributed by atoms with E-state index in [1.54, 1.807) is 0 Å². The molecule has 0 amide bonds. The standard InChI is InChI=1S/C11H17S2.Li/c1-9-4-5-11(10(2,3)8-9)12-6-7-13-11;/h4-7H2,1-3H3;/q-1;+1. The van der Waals surface area contributed by atoms with Crippen LogP contribution in [0.3, 0.4) is 0 Å². The van der Waals surface area contributed by atoms with Gasteiger partial charge in [0, 0.05) is 15.6 Å². The van der Waals surface area contributed by atoms with Gasteiger partial charge >= 0.3 is 18.9 Å². The Morgan fingerprint density at radius 2 is 1.79 bits per heavy atom. The maximum absolute atomic E-state index is 3.66. The monoisotopic (exact) mass is 220 g/mol. The molecule has 0 nitrogen and oxygen atoms in total. The summed E-state index contributed by atoms with van der Waals surface area (Å²) in [6.07, 6.45) is 6.26. The summed E-state index contributed by atoms with van der Waals surface area (Å²) in [4.78, 5) is 0. The van der Waals surface area contributed by atoms with Gasteiger partial charge in [0.2, 0.25) is 0 Å². The van der Waals surface area contributed by atoms with E-state index < -0.39 is 0 Å². The number of hydrogen-bond acceptors (Lipinski definition) is 2. The van der Waals surface area contributed by atoms with Crippen LogP contribution >= 0.6 is 23.5 Å². The fourth-order valence-corrected chi connectivity index (χ4v) is 5.79. The van der Waals surface area contributed by atoms with Gasteiger partial charge in [-0.25, -0.2) is 0 Å². The van der Waals surface area contributed by atoms with Crippen LogP contribution in [-0.2, 0) is 0 Å². The third kappa shape index (κ3) is 2.09. The average Bonchev–Trinajstić information content (AvgIpc) is 2.47. The first-order valence-electron chi connectivity index (χ1n) is 4.94. The zero-order chi connectivity index (χ0) is 9.53. The van der Waals surface area contributed by atoms with Crippen LogP contribution in [0.2, 0.25) is 0 Å². The molecule has 74 valence electrons. The molecule has 0 aromatic heterocycles. The number of allylic oxidation sites excluding steroid dienone is 2. The molecular formula is C11H17LiS2. The second-order valence-electron chi connectivity index (χ2n) is 4.48. The van der Waals surface area contributed by atoms with E-state index in [0.29, 0.717) is 4.08 Å². The molecule has 0 radical (unpaired) electrons. The Bertz CT molecular complexity index is 240. The van der Waals surface area contributed by atoms with Crippen molar-refractivity contribution in [1.29, 1.82) is 0 Å². The number of hydrogen-bond donors (Lipinski definition) is 0. The summed E-state index contributed by atoms with van der Waals surface area (Å²) < 4.78 is 0.451. The van der Waals surface area contributed by atoms with E-state index in [2.05, 4.69) is 50.4 Å². The molecule has 1 spiro atoms. The van der Waals surface area contributed by atoms with Crippen molar-refractivity contribution in [3.8, 4) is 0 Å². The predicted molar refractivity (Wildman–Crippen MR) is 63.1 cm³/mol. The van der Waals surface area contributed by atoms with Crippen LogP contribution in [0.25, 0.3) is 0 Å². The summed E-state index contributed by atoms with van der Waals surface area (Å²) >= 11 is 4.32. The Labute approximate surface area is 108 Å². The van der Waals surface area contributed by atoms with E-state index in [1.807, 2.05) is 0 Å². The van der Waals surface area contributed by atoms with Crippen molar-refractivity contribution in [1.82, 2.24) is 0 Å². The molecule has 1 heterocycles. The van der Waals surface area contributed by atoms with Gasteiger partial charge in [-0.15, -0.1) is 28.9 Å². The molecule has 1 saturated heterocycles. The fourth-order valence-electron chi connectivity index (χ4n) is 2.32. The molecule has 1 aliphatic carbocycles. The van der Waals surface area contributed by atoms with Gasteiger partial charge in [-0.2, -0.15) is 0 Å². The van der Waals surface area contributed by atoms with Crippen molar-refractivity contribution in [3.63, 3.8) is 0 Å². The Morgan fingerprint density at radius 1 is 1.21 bits per heavy atom. The maximum Gasteiger partial charge on any atom is 1.00 e. The SMILES string of the molecule is CC1=[C-]C(C)(C)C2(CC1)SCCS2.[Li+]. The second kappa shape index (κ2) is 4.50. The van der Waals surface area contributed by atoms with Gasteiger partial charge in [-0.1, -0.05) is 27.2 Å². The van der Waals surface area contributed by atoms with E-state index in [1.165, 1.54) is 29.9 Å². The van der Waals surface area contributed by atoms with Gasteiger partial charge in [0.15, 0.2) is 0 Å². The minimum absolute atomic E-state index is 0. The average molecular weight is 220 g/mol. The zero-order valence-electron chi connectivity index (χ0n) is 9.64. The fraction of sp³-hybridized carbons (Fsp3) is 0.818. The summed E-state index contributed by atoms with van der Waals surface area (Å²) in [7, 11) is 0. The first kappa shape index (κ1) is 13.1. The molecule has 1 aliphatic heterocycles. The number of rotatable bonds is 0. The molecule has 0 unspecified atom stereocenters. The summed E-state index contributed by atoms with van der Waals surface area (Å²) in [6.45, 7) is 6.92. The van der Waals surface area contributed by atoms with Crippen molar-refractivity contribution in [2.24, 2.45) is 5.41 Å². The van der Waals surface area contributed by atoms with Crippen LogP contribution in [0.15, 0.2) is 5.57 Å². The molecule has 0 atom stereocenters. The van der Waals surface area contributed by atoms with Crippen molar-refractivity contribution in [2.45, 2.75) is 37.7 Å². The third-order valence-corrected chi connectivity index (χ3v) is 7.20. The molecule has 3 heteroatoms. The first-order valence-corrected chi connectivity index (χ1v) is 6.91. The van der Waals surface area contributed by atoms with Gasteiger partial charge < -0.3 is 6.08 Å². The van der Waals surface area contributed by atoms with Crippen LogP contribution in [0, 0.1) is 11.5 Å². The molecule has 0 N–H and O–H groups in total. The van der Waals surface area contributed by atoms with E-state index in [9.17, 15) is 0 Å². The predicted octanol–water partition coefficient (Wildman–Crippen LogP) is 0.736. The van der Waals surface area contributed by atoms with Gasteiger partial charge in [0.1, 0.15) is 0 Å². The van der Waals surface area contributed by atoms with Crippen molar-refractivity contribution >= 4 is 23.5 Å². The van der Waals surface area contributed by atoms with Crippen LogP contribution in [-0.4, -0.2) is 15.6 Å². The third-order valence-electron chi connectivity index (χ3n) is 3.06. The smallest absolute Gasteiger partial charge is 0.489 e. The van der Waals surface area contributed by atoms with Gasteiger partial charge in [-0.05, 0) is 6.42 Å². The van der Waals surface area contributed by atoms with E-state index in [4.69, 9.17) is 0 Å². The molecule has 0 bridgehead atoms. The van der Waals surface area contributed by atoms with Crippen molar-refractivity contribution in [2.75, 3.05) is 11.5 Å². The van der Waals surface area contributed by atoms with Crippen LogP contribution < -0.4 is 18.9 Å². The molecule has 1 fully saturated rings. The van der Waals surface area contributed by atoms with Crippen molar-refractivity contribution in [3.05, 3.63) is 11.6 Å². The minimum Gasteiger partial charge on any atom is -0.489 e. The second-order valence-corrected chi connectivity index (χ2v) is 7.53. The summed E-state index contributed by atoms with van der Waals surface area (Å²) in [5.74, 6) is 2.66. The maximum atomic E-state index is 3.66. The topological polar surface area (TPSA) is 0 Å². The molecule has 0 aromatic carbocycles. The van der Waals surface area contributed by atoms with Gasteiger partial charge in [0.25, 0.3) is 0 Å². The minimum atomic E-state index is 0. The normalized spacial score (nSPS) is 28.4.